The van der Waals surface area contributed by atoms with Gasteiger partial charge in [-0.15, -0.1) is 0 Å². The average molecular weight is 805 g/mol. The molecule has 3 aliphatic heterocycles. The van der Waals surface area contributed by atoms with Gasteiger partial charge in [-0.3, -0.25) is 0 Å². The third-order valence-corrected chi connectivity index (χ3v) is 14.2. The van der Waals surface area contributed by atoms with Gasteiger partial charge in [0.15, 0.2) is 0 Å². The van der Waals surface area contributed by atoms with E-state index >= 15 is 0 Å². The standard InChI is InChI=1S/C41H36N6.Ir/c1-40(31-14-7-5-8-15-31,45-26-24-43(3)29-45)33-22-23-35-34-18-11-12-19-36(34)47(37(35)28-33)39-21-13-20-38(42-39)41(2,32-16-9-6-10-17-32)46-27-25-44(4)30-46;/h5-28H,1-4H3;/t40?,41-;/m0./s1. The zero-order chi connectivity index (χ0) is 32.6. The number of benzene rings is 4. The molecule has 0 amide bonds. The van der Waals surface area contributed by atoms with Crippen LogP contribution in [0.25, 0.3) is 27.6 Å². The van der Waals surface area contributed by atoms with Crippen molar-refractivity contribution in [3.8, 4) is 5.82 Å². The zero-order valence-electron chi connectivity index (χ0n) is 27.4. The predicted molar refractivity (Wildman–Crippen MR) is 192 cm³/mol. The van der Waals surface area contributed by atoms with Crippen molar-refractivity contribution >= 4 is 30.4 Å². The summed E-state index contributed by atoms with van der Waals surface area (Å²) >= 11 is -0.896. The van der Waals surface area contributed by atoms with E-state index in [1.807, 2.05) is 0 Å². The summed E-state index contributed by atoms with van der Waals surface area (Å²) in [6, 6.07) is 44.1. The molecule has 4 aromatic carbocycles. The summed E-state index contributed by atoms with van der Waals surface area (Å²) in [5, 5.41) is 2.45. The number of rotatable bonds is 2. The molecule has 6 nitrogen and oxygen atoms in total. The number of fused-ring (bicyclic) bond motifs is 9. The van der Waals surface area contributed by atoms with Gasteiger partial charge in [-0.1, -0.05) is 0 Å². The quantitative estimate of drug-likeness (QED) is 0.182. The second kappa shape index (κ2) is 10.7. The molecule has 6 aromatic rings. The molecule has 0 saturated heterocycles. The van der Waals surface area contributed by atoms with Crippen LogP contribution in [0.5, 0.6) is 0 Å². The van der Waals surface area contributed by atoms with Gasteiger partial charge in [0.25, 0.3) is 0 Å². The van der Waals surface area contributed by atoms with Crippen LogP contribution in [-0.4, -0.2) is 51.8 Å². The SMILES string of the molecule is CN1C=CN2[C]1=[Ir]=[C]1N(C)C=CN1[C@@](C)(c1ccccc1)c1cccc(n1)-n1c3ccccc3c3ccc(cc31)C2(C)c1ccccc1. The topological polar surface area (TPSA) is 30.8 Å². The fraction of sp³-hybridized carbons (Fsp3) is 0.146. The van der Waals surface area contributed by atoms with E-state index in [1.54, 1.807) is 0 Å². The van der Waals surface area contributed by atoms with Crippen molar-refractivity contribution in [2.75, 3.05) is 14.1 Å². The molecule has 3 aliphatic rings. The molecule has 2 atom stereocenters. The van der Waals surface area contributed by atoms with Crippen molar-refractivity contribution in [1.82, 2.24) is 29.2 Å². The van der Waals surface area contributed by atoms with E-state index in [0.29, 0.717) is 0 Å². The van der Waals surface area contributed by atoms with Crippen LogP contribution in [0.2, 0.25) is 0 Å². The molecule has 7 heteroatoms. The normalized spacial score (nSPS) is 21.8. The van der Waals surface area contributed by atoms with E-state index in [1.165, 1.54) is 36.0 Å². The van der Waals surface area contributed by atoms with Gasteiger partial charge in [0.05, 0.1) is 0 Å². The number of para-hydroxylation sites is 1. The van der Waals surface area contributed by atoms with Crippen LogP contribution in [0.1, 0.15) is 36.2 Å². The van der Waals surface area contributed by atoms with Gasteiger partial charge >= 0.3 is 290 Å². The molecule has 0 radical (unpaired) electrons. The molecule has 48 heavy (non-hydrogen) atoms. The first-order valence-electron chi connectivity index (χ1n) is 16.3. The Kier molecular flexibility index (Phi) is 6.49. The predicted octanol–water partition coefficient (Wildman–Crippen LogP) is 7.41. The Bertz CT molecular complexity index is 2370. The van der Waals surface area contributed by atoms with Crippen molar-refractivity contribution in [2.45, 2.75) is 24.9 Å². The molecule has 1 unspecified atom stereocenters. The van der Waals surface area contributed by atoms with Gasteiger partial charge in [-0.25, -0.2) is 0 Å². The minimum absolute atomic E-state index is 0.477. The Balaban J connectivity index is 1.46. The Morgan fingerprint density at radius 1 is 0.521 bits per heavy atom. The fourth-order valence-corrected chi connectivity index (χ4v) is 11.2. The van der Waals surface area contributed by atoms with Gasteiger partial charge in [0.1, 0.15) is 0 Å². The summed E-state index contributed by atoms with van der Waals surface area (Å²) in [6.45, 7) is 4.71. The first-order valence-corrected chi connectivity index (χ1v) is 18.7. The van der Waals surface area contributed by atoms with Crippen molar-refractivity contribution in [3.63, 3.8) is 0 Å². The molecule has 0 fully saturated rings. The van der Waals surface area contributed by atoms with Crippen LogP contribution in [-0.2, 0) is 27.9 Å². The molecule has 9 rings (SSSR count). The Hall–Kier alpha value is -5.10. The molecule has 0 aliphatic carbocycles. The van der Waals surface area contributed by atoms with Crippen molar-refractivity contribution in [1.29, 1.82) is 0 Å². The average Bonchev–Trinajstić information content (AvgIpc) is 3.80. The minimum atomic E-state index is -0.896. The van der Waals surface area contributed by atoms with Crippen LogP contribution >= 0.6 is 0 Å². The van der Waals surface area contributed by atoms with Gasteiger partial charge in [0.2, 0.25) is 0 Å². The summed E-state index contributed by atoms with van der Waals surface area (Å²) in [4.78, 5) is 15.3. The van der Waals surface area contributed by atoms with E-state index in [4.69, 9.17) is 4.98 Å². The van der Waals surface area contributed by atoms with Crippen molar-refractivity contribution < 1.29 is 16.8 Å². The van der Waals surface area contributed by atoms with Crippen LogP contribution < -0.4 is 0 Å². The third-order valence-electron chi connectivity index (χ3n) is 10.3. The van der Waals surface area contributed by atoms with Crippen LogP contribution in [0, 0.1) is 0 Å². The summed E-state index contributed by atoms with van der Waals surface area (Å²) in [5.41, 5.74) is 5.94. The zero-order valence-corrected chi connectivity index (χ0v) is 29.8. The van der Waals surface area contributed by atoms with E-state index in [9.17, 15) is 0 Å². The molecule has 0 saturated carbocycles. The number of pyridine rings is 1. The third kappa shape index (κ3) is 4.04. The van der Waals surface area contributed by atoms with Crippen LogP contribution in [0.3, 0.4) is 0 Å². The van der Waals surface area contributed by atoms with Gasteiger partial charge < -0.3 is 0 Å². The van der Waals surface area contributed by atoms with Crippen LogP contribution in [0.15, 0.2) is 146 Å². The summed E-state index contributed by atoms with van der Waals surface area (Å²) in [6.07, 6.45) is 8.96. The molecular weight excluding hydrogens is 769 g/mol. The van der Waals surface area contributed by atoms with Crippen molar-refractivity contribution in [3.05, 3.63) is 169 Å². The number of nitrogens with zero attached hydrogens (tertiary/aromatic N) is 6. The first-order chi connectivity index (χ1) is 23.4. The van der Waals surface area contributed by atoms with E-state index < -0.39 is 27.9 Å². The molecule has 5 heterocycles. The maximum absolute atomic E-state index is 5.58. The number of aromatic nitrogens is 2. The Labute approximate surface area is 288 Å². The Morgan fingerprint density at radius 3 is 1.79 bits per heavy atom. The van der Waals surface area contributed by atoms with E-state index in [-0.39, 0.29) is 0 Å². The van der Waals surface area contributed by atoms with E-state index in [2.05, 4.69) is 198 Å². The first kappa shape index (κ1) is 29.1. The summed E-state index contributed by atoms with van der Waals surface area (Å²) in [7, 11) is 4.38. The number of hydrogen-bond acceptors (Lipinski definition) is 5. The molecule has 4 bridgehead atoms. The Morgan fingerprint density at radius 2 is 1.10 bits per heavy atom. The molecule has 0 spiro atoms. The fourth-order valence-electron chi connectivity index (χ4n) is 7.54. The maximum atomic E-state index is 5.58. The van der Waals surface area contributed by atoms with Gasteiger partial charge in [-0.05, 0) is 0 Å². The summed E-state index contributed by atoms with van der Waals surface area (Å²) < 4.78 is 4.99. The molecule has 2 aromatic heterocycles. The second-order valence-electron chi connectivity index (χ2n) is 13.0. The number of hydrogen-bond donors (Lipinski definition) is 0. The monoisotopic (exact) mass is 805 g/mol. The van der Waals surface area contributed by atoms with E-state index in [0.717, 1.165) is 22.5 Å². The second-order valence-corrected chi connectivity index (χ2v) is 15.7. The molecule has 0 N–H and O–H groups in total. The summed E-state index contributed by atoms with van der Waals surface area (Å²) in [5.74, 6) is 0.915. The molecule has 239 valence electrons. The van der Waals surface area contributed by atoms with Crippen LogP contribution in [0.4, 0.5) is 0 Å². The van der Waals surface area contributed by atoms with Gasteiger partial charge in [-0.2, -0.15) is 0 Å². The van der Waals surface area contributed by atoms with Gasteiger partial charge in [0, 0.05) is 0 Å². The molecular formula is C41H36IrN6. The van der Waals surface area contributed by atoms with Crippen molar-refractivity contribution in [2.24, 2.45) is 0 Å².